The number of aromatic hydroxyl groups is 1. The van der Waals surface area contributed by atoms with Crippen molar-refractivity contribution in [3.8, 4) is 51.5 Å². The van der Waals surface area contributed by atoms with E-state index in [1.807, 2.05) is 55.5 Å². The Balaban J connectivity index is 1.79. The molecule has 0 aliphatic heterocycles. The number of nitrogens with zero attached hydrogens (tertiary/aromatic N) is 2. The molecule has 4 aromatic rings. The van der Waals surface area contributed by atoms with E-state index in [9.17, 15) is 10.4 Å². The highest BCUT2D eigenvalue weighted by Gasteiger charge is 2.23. The Kier molecular flexibility index (Phi) is 7.57. The van der Waals surface area contributed by atoms with Crippen LogP contribution in [0.4, 0.5) is 5.88 Å². The van der Waals surface area contributed by atoms with E-state index in [1.165, 1.54) is 12.3 Å². The van der Waals surface area contributed by atoms with Crippen molar-refractivity contribution in [2.75, 3.05) is 20.8 Å². The molecule has 0 saturated carbocycles. The summed E-state index contributed by atoms with van der Waals surface area (Å²) in [5, 5.41) is 20.5. The van der Waals surface area contributed by atoms with E-state index in [0.717, 1.165) is 17.5 Å². The van der Waals surface area contributed by atoms with Crippen LogP contribution in [0.5, 0.6) is 23.0 Å². The zero-order chi connectivity index (χ0) is 25.5. The van der Waals surface area contributed by atoms with Gasteiger partial charge in [0.2, 0.25) is 5.88 Å². The van der Waals surface area contributed by atoms with E-state index in [-0.39, 0.29) is 17.2 Å². The molecule has 182 valence electrons. The van der Waals surface area contributed by atoms with Gasteiger partial charge in [0.15, 0.2) is 0 Å². The molecule has 0 aliphatic rings. The van der Waals surface area contributed by atoms with Crippen LogP contribution in [0, 0.1) is 11.3 Å². The number of phenols is 1. The maximum Gasteiger partial charge on any atom is 0.238 e. The molecular weight excluding hydrogens is 456 g/mol. The highest BCUT2D eigenvalue weighted by atomic mass is 16.5. The van der Waals surface area contributed by atoms with Gasteiger partial charge in [-0.25, -0.2) is 4.99 Å². The highest BCUT2D eigenvalue weighted by Crippen LogP contribution is 2.43. The first-order chi connectivity index (χ1) is 17.6. The van der Waals surface area contributed by atoms with Crippen molar-refractivity contribution in [1.82, 2.24) is 0 Å². The third-order valence-corrected chi connectivity index (χ3v) is 5.53. The molecule has 7 heteroatoms. The van der Waals surface area contributed by atoms with Crippen molar-refractivity contribution in [3.05, 3.63) is 77.9 Å². The fraction of sp³-hybridized carbons (Fsp3) is 0.172. The zero-order valence-electron chi connectivity index (χ0n) is 20.3. The fourth-order valence-electron chi connectivity index (χ4n) is 3.66. The number of phenolic OH excluding ortho intramolecular Hbond substituents is 1. The van der Waals surface area contributed by atoms with E-state index in [1.54, 1.807) is 26.4 Å². The van der Waals surface area contributed by atoms with Crippen LogP contribution >= 0.6 is 0 Å². The summed E-state index contributed by atoms with van der Waals surface area (Å²) in [7, 11) is 3.20. The summed E-state index contributed by atoms with van der Waals surface area (Å²) in [4.78, 5) is 4.44. The van der Waals surface area contributed by atoms with Crippen molar-refractivity contribution in [2.45, 2.75) is 13.3 Å². The predicted octanol–water partition coefficient (Wildman–Crippen LogP) is 6.75. The first-order valence-corrected chi connectivity index (χ1v) is 11.4. The molecule has 7 nitrogen and oxygen atoms in total. The van der Waals surface area contributed by atoms with Gasteiger partial charge in [0.1, 0.15) is 40.4 Å². The summed E-state index contributed by atoms with van der Waals surface area (Å²) in [6.45, 7) is 2.57. The van der Waals surface area contributed by atoms with Crippen molar-refractivity contribution < 1.29 is 23.7 Å². The number of aliphatic imine (C=N–C) groups is 1. The maximum atomic E-state index is 10.4. The van der Waals surface area contributed by atoms with E-state index in [2.05, 4.69) is 11.1 Å². The lowest BCUT2D eigenvalue weighted by Gasteiger charge is -2.06. The summed E-state index contributed by atoms with van der Waals surface area (Å²) < 4.78 is 22.3. The first kappa shape index (κ1) is 24.4. The standard InChI is InChI=1S/C29H26N2O5/c1-4-15-35-24-14-9-21(26(32)16-24)18-31-29-25(17-30)27(19-5-10-22(33-2)11-6-19)28(36-29)20-7-12-23(34-3)13-8-20/h5-14,16,18,32H,4,15H2,1-3H3. The smallest absolute Gasteiger partial charge is 0.238 e. The van der Waals surface area contributed by atoms with Gasteiger partial charge >= 0.3 is 0 Å². The lowest BCUT2D eigenvalue weighted by Crippen LogP contribution is -1.95. The molecule has 0 unspecified atom stereocenters. The molecule has 1 aromatic heterocycles. The molecule has 0 atom stereocenters. The number of hydrogen-bond acceptors (Lipinski definition) is 7. The van der Waals surface area contributed by atoms with Crippen molar-refractivity contribution in [3.63, 3.8) is 0 Å². The van der Waals surface area contributed by atoms with Gasteiger partial charge in [0, 0.05) is 29.0 Å². The number of hydrogen-bond donors (Lipinski definition) is 1. The largest absolute Gasteiger partial charge is 0.507 e. The van der Waals surface area contributed by atoms with Gasteiger partial charge in [-0.3, -0.25) is 0 Å². The monoisotopic (exact) mass is 482 g/mol. The van der Waals surface area contributed by atoms with Gasteiger partial charge in [0.05, 0.1) is 20.8 Å². The van der Waals surface area contributed by atoms with Crippen LogP contribution in [0.3, 0.4) is 0 Å². The first-order valence-electron chi connectivity index (χ1n) is 11.4. The van der Waals surface area contributed by atoms with Crippen LogP contribution in [-0.2, 0) is 0 Å². The van der Waals surface area contributed by atoms with E-state index >= 15 is 0 Å². The summed E-state index contributed by atoms with van der Waals surface area (Å²) in [6, 6.07) is 22.0. The lowest BCUT2D eigenvalue weighted by molar-refractivity contribution is 0.315. The SMILES string of the molecule is CCCOc1ccc(C=Nc2oc(-c3ccc(OC)cc3)c(-c3ccc(OC)cc3)c2C#N)c(O)c1. The molecule has 4 rings (SSSR count). The fourth-order valence-corrected chi connectivity index (χ4v) is 3.66. The minimum Gasteiger partial charge on any atom is -0.507 e. The minimum absolute atomic E-state index is 0.0168. The third kappa shape index (κ3) is 5.18. The van der Waals surface area contributed by atoms with Crippen LogP contribution in [0.1, 0.15) is 24.5 Å². The quantitative estimate of drug-likeness (QED) is 0.265. The maximum absolute atomic E-state index is 10.4. The Labute approximate surface area is 209 Å². The van der Waals surface area contributed by atoms with Crippen molar-refractivity contribution in [1.29, 1.82) is 5.26 Å². The molecular formula is C29H26N2O5. The van der Waals surface area contributed by atoms with Crippen LogP contribution in [0.2, 0.25) is 0 Å². The van der Waals surface area contributed by atoms with Crippen LogP contribution in [0.25, 0.3) is 22.5 Å². The Morgan fingerprint density at radius 3 is 2.08 bits per heavy atom. The van der Waals surface area contributed by atoms with Gasteiger partial charge in [-0.2, -0.15) is 5.26 Å². The Morgan fingerprint density at radius 1 is 0.917 bits per heavy atom. The molecule has 0 radical (unpaired) electrons. The third-order valence-electron chi connectivity index (χ3n) is 5.53. The molecule has 0 fully saturated rings. The molecule has 0 amide bonds. The predicted molar refractivity (Wildman–Crippen MR) is 139 cm³/mol. The van der Waals surface area contributed by atoms with Crippen molar-refractivity contribution >= 4 is 12.1 Å². The minimum atomic E-state index is 0.0168. The molecule has 3 aromatic carbocycles. The second-order valence-electron chi connectivity index (χ2n) is 7.88. The summed E-state index contributed by atoms with van der Waals surface area (Å²) in [5.74, 6) is 2.64. The second kappa shape index (κ2) is 11.2. The topological polar surface area (TPSA) is 97.2 Å². The van der Waals surface area contributed by atoms with Crippen LogP contribution < -0.4 is 14.2 Å². The Bertz CT molecular complexity index is 1400. The summed E-state index contributed by atoms with van der Waals surface area (Å²) >= 11 is 0. The van der Waals surface area contributed by atoms with Gasteiger partial charge in [-0.15, -0.1) is 0 Å². The second-order valence-corrected chi connectivity index (χ2v) is 7.88. The summed E-state index contributed by atoms with van der Waals surface area (Å²) in [6.07, 6.45) is 2.33. The number of ether oxygens (including phenoxy) is 3. The normalized spacial score (nSPS) is 10.8. The number of furan rings is 1. The number of benzene rings is 3. The molecule has 0 spiro atoms. The van der Waals surface area contributed by atoms with Gasteiger partial charge < -0.3 is 23.7 Å². The number of rotatable bonds is 9. The molecule has 1 N–H and O–H groups in total. The molecule has 0 saturated heterocycles. The van der Waals surface area contributed by atoms with Gasteiger partial charge in [-0.1, -0.05) is 19.1 Å². The highest BCUT2D eigenvalue weighted by molar-refractivity contribution is 5.91. The van der Waals surface area contributed by atoms with Crippen LogP contribution in [0.15, 0.2) is 76.1 Å². The van der Waals surface area contributed by atoms with E-state index < -0.39 is 0 Å². The van der Waals surface area contributed by atoms with Gasteiger partial charge in [0.25, 0.3) is 0 Å². The number of methoxy groups -OCH3 is 2. The van der Waals surface area contributed by atoms with Crippen molar-refractivity contribution in [2.24, 2.45) is 4.99 Å². The average Bonchev–Trinajstić information content (AvgIpc) is 3.29. The average molecular weight is 483 g/mol. The van der Waals surface area contributed by atoms with Gasteiger partial charge in [-0.05, 0) is 60.5 Å². The Morgan fingerprint density at radius 2 is 1.53 bits per heavy atom. The van der Waals surface area contributed by atoms with Crippen LogP contribution in [-0.4, -0.2) is 32.1 Å². The lowest BCUT2D eigenvalue weighted by atomic mass is 9.98. The molecule has 0 aliphatic carbocycles. The van der Waals surface area contributed by atoms with E-state index in [0.29, 0.717) is 40.7 Å². The molecule has 0 bridgehead atoms. The Hall–Kier alpha value is -4.70. The molecule has 36 heavy (non-hydrogen) atoms. The van der Waals surface area contributed by atoms with E-state index in [4.69, 9.17) is 18.6 Å². The number of nitriles is 1. The molecule has 1 heterocycles. The summed E-state index contributed by atoms with van der Waals surface area (Å²) in [5.41, 5.74) is 2.91. The zero-order valence-corrected chi connectivity index (χ0v) is 20.3.